The van der Waals surface area contributed by atoms with Gasteiger partial charge in [-0.15, -0.1) is 0 Å². The number of nitrogens with one attached hydrogen (secondary N) is 1. The molecule has 1 aromatic heterocycles. The summed E-state index contributed by atoms with van der Waals surface area (Å²) >= 11 is 0. The quantitative estimate of drug-likeness (QED) is 0.232. The van der Waals surface area contributed by atoms with Crippen LogP contribution in [0.3, 0.4) is 0 Å². The summed E-state index contributed by atoms with van der Waals surface area (Å²) in [6.45, 7) is 9.05. The van der Waals surface area contributed by atoms with Crippen molar-refractivity contribution in [1.82, 2.24) is 0 Å². The summed E-state index contributed by atoms with van der Waals surface area (Å²) < 4.78 is 2.08. The molecule has 1 unspecified atom stereocenters. The molecule has 168 valence electrons. The number of rotatable bonds is 7. The maximum atomic E-state index is 4.48. The molecule has 0 aliphatic heterocycles. The van der Waals surface area contributed by atoms with E-state index >= 15 is 0 Å². The van der Waals surface area contributed by atoms with Gasteiger partial charge in [-0.25, -0.2) is 0 Å². The fourth-order valence-corrected chi connectivity index (χ4v) is 4.51. The lowest BCUT2D eigenvalue weighted by Crippen LogP contribution is -2.38. The molecule has 0 radical (unpaired) electrons. The normalized spacial score (nSPS) is 12.2. The topological polar surface area (TPSA) is 15.9 Å². The predicted molar refractivity (Wildman–Crippen MR) is 139 cm³/mol. The van der Waals surface area contributed by atoms with Gasteiger partial charge in [0.15, 0.2) is 0 Å². The Bertz CT molecular complexity index is 1170. The molecule has 1 heterocycles. The highest BCUT2D eigenvalue weighted by Crippen LogP contribution is 2.36. The number of aromatic nitrogens is 1. The smallest absolute Gasteiger partial charge is 0.112 e. The summed E-state index contributed by atoms with van der Waals surface area (Å²) in [6.07, 6.45) is 0. The van der Waals surface area contributed by atoms with E-state index in [1.54, 1.807) is 0 Å². The van der Waals surface area contributed by atoms with E-state index in [4.69, 9.17) is 0 Å². The highest BCUT2D eigenvalue weighted by atomic mass is 15.0. The Labute approximate surface area is 199 Å². The number of anilines is 1. The Kier molecular flexibility index (Phi) is 6.84. The van der Waals surface area contributed by atoms with Crippen molar-refractivity contribution in [1.29, 1.82) is 0 Å². The summed E-state index contributed by atoms with van der Waals surface area (Å²) in [7, 11) is 4.48. The molecule has 0 aliphatic carbocycles. The van der Waals surface area contributed by atoms with Crippen LogP contribution >= 0.6 is 0 Å². The third-order valence-corrected chi connectivity index (χ3v) is 6.28. The fourth-order valence-electron chi connectivity index (χ4n) is 4.51. The van der Waals surface area contributed by atoms with Crippen LogP contribution in [0.25, 0.3) is 11.3 Å². The van der Waals surface area contributed by atoms with E-state index < -0.39 is 0 Å². The standard InChI is InChI=1S/C31H34N2/c1-22(2)26-18-12-19-27(23(3)4)31(26)32-30(25-16-10-7-11-17-25)29-21-13-20-28(33(29)5)24-14-8-6-9-15-24/h6-23,30,32H,5H2,1-4H3. The average molecular weight is 435 g/mol. The summed E-state index contributed by atoms with van der Waals surface area (Å²) in [5.41, 5.74) is 8.52. The Morgan fingerprint density at radius 1 is 0.636 bits per heavy atom. The minimum Gasteiger partial charge on any atom is -0.379 e. The number of nitrogens with zero attached hydrogens (tertiary/aromatic N) is 1. The first kappa shape index (κ1) is 22.7. The van der Waals surface area contributed by atoms with Crippen molar-refractivity contribution in [3.05, 3.63) is 126 Å². The molecule has 0 spiro atoms. The lowest BCUT2D eigenvalue weighted by molar-refractivity contribution is -0.610. The molecule has 0 fully saturated rings. The van der Waals surface area contributed by atoms with E-state index in [1.165, 1.54) is 22.4 Å². The molecule has 2 heteroatoms. The Hall–Kier alpha value is -3.52. The summed E-state index contributed by atoms with van der Waals surface area (Å²) in [4.78, 5) is 0. The summed E-state index contributed by atoms with van der Waals surface area (Å²) in [6, 6.07) is 34.2. The van der Waals surface area contributed by atoms with Gasteiger partial charge in [0, 0.05) is 12.7 Å². The van der Waals surface area contributed by atoms with Crippen molar-refractivity contribution in [2.24, 2.45) is 0 Å². The summed E-state index contributed by atoms with van der Waals surface area (Å²) in [5, 5.41) is 3.97. The lowest BCUT2D eigenvalue weighted by atomic mass is 9.91. The molecule has 1 atom stereocenters. The van der Waals surface area contributed by atoms with E-state index in [2.05, 4.69) is 136 Å². The van der Waals surface area contributed by atoms with Crippen molar-refractivity contribution in [2.45, 2.75) is 45.6 Å². The molecule has 33 heavy (non-hydrogen) atoms. The second-order valence-corrected chi connectivity index (χ2v) is 9.24. The van der Waals surface area contributed by atoms with Crippen LogP contribution in [0.1, 0.15) is 68.0 Å². The van der Waals surface area contributed by atoms with Gasteiger partial charge in [-0.1, -0.05) is 119 Å². The number of benzene rings is 3. The molecule has 0 amide bonds. The minimum atomic E-state index is -0.0373. The highest BCUT2D eigenvalue weighted by molar-refractivity contribution is 5.62. The second-order valence-electron chi connectivity index (χ2n) is 9.24. The number of para-hydroxylation sites is 1. The van der Waals surface area contributed by atoms with E-state index in [1.807, 2.05) is 6.07 Å². The van der Waals surface area contributed by atoms with Gasteiger partial charge in [-0.05, 0) is 40.2 Å². The molecule has 2 nitrogen and oxygen atoms in total. The molecule has 1 N–H and O–H groups in total. The molecule has 0 saturated heterocycles. The lowest BCUT2D eigenvalue weighted by Gasteiger charge is -2.28. The van der Waals surface area contributed by atoms with Gasteiger partial charge in [0.2, 0.25) is 0 Å². The molecule has 4 rings (SSSR count). The van der Waals surface area contributed by atoms with Gasteiger partial charge < -0.3 is 9.88 Å². The number of hydrogen-bond acceptors (Lipinski definition) is 1. The fraction of sp³-hybridized carbons (Fsp3) is 0.226. The van der Waals surface area contributed by atoms with Crippen LogP contribution in [0.2, 0.25) is 0 Å². The molecule has 4 aromatic rings. The SMILES string of the molecule is [CH2-][n+]1c(-c2ccccc2)cccc1C(Nc1c(C(C)C)cccc1C(C)C)c1ccccc1. The van der Waals surface area contributed by atoms with E-state index in [-0.39, 0.29) is 6.04 Å². The van der Waals surface area contributed by atoms with Crippen molar-refractivity contribution in [3.63, 3.8) is 0 Å². The van der Waals surface area contributed by atoms with Gasteiger partial charge >= 0.3 is 0 Å². The Balaban J connectivity index is 1.89. The van der Waals surface area contributed by atoms with Crippen molar-refractivity contribution in [3.8, 4) is 11.3 Å². The van der Waals surface area contributed by atoms with Crippen LogP contribution in [0.5, 0.6) is 0 Å². The van der Waals surface area contributed by atoms with Crippen molar-refractivity contribution >= 4 is 5.69 Å². The van der Waals surface area contributed by atoms with Crippen molar-refractivity contribution in [2.75, 3.05) is 5.32 Å². The highest BCUT2D eigenvalue weighted by Gasteiger charge is 2.23. The first-order chi connectivity index (χ1) is 16.0. The molecule has 3 aromatic carbocycles. The van der Waals surface area contributed by atoms with Crippen LogP contribution < -0.4 is 9.88 Å². The van der Waals surface area contributed by atoms with E-state index in [9.17, 15) is 0 Å². The third kappa shape index (κ3) is 4.80. The van der Waals surface area contributed by atoms with E-state index in [0.717, 1.165) is 17.0 Å². The first-order valence-electron chi connectivity index (χ1n) is 11.8. The van der Waals surface area contributed by atoms with Gasteiger partial charge in [0.1, 0.15) is 11.4 Å². The molecular weight excluding hydrogens is 400 g/mol. The average Bonchev–Trinajstić information content (AvgIpc) is 2.83. The van der Waals surface area contributed by atoms with Gasteiger partial charge in [-0.3, -0.25) is 0 Å². The largest absolute Gasteiger partial charge is 0.379 e. The second kappa shape index (κ2) is 9.95. The van der Waals surface area contributed by atoms with Gasteiger partial charge in [0.05, 0.1) is 6.04 Å². The monoisotopic (exact) mass is 434 g/mol. The summed E-state index contributed by atoms with van der Waals surface area (Å²) in [5.74, 6) is 0.843. The maximum absolute atomic E-state index is 4.48. The van der Waals surface area contributed by atoms with Crippen LogP contribution in [-0.4, -0.2) is 0 Å². The third-order valence-electron chi connectivity index (χ3n) is 6.28. The first-order valence-corrected chi connectivity index (χ1v) is 11.8. The molecule has 0 aliphatic rings. The number of hydrogen-bond donors (Lipinski definition) is 1. The van der Waals surface area contributed by atoms with Crippen LogP contribution in [-0.2, 0) is 0 Å². The van der Waals surface area contributed by atoms with Gasteiger partial charge in [-0.2, -0.15) is 0 Å². The van der Waals surface area contributed by atoms with Crippen LogP contribution in [0.15, 0.2) is 97.1 Å². The Morgan fingerprint density at radius 3 is 1.76 bits per heavy atom. The minimum absolute atomic E-state index is 0.0373. The van der Waals surface area contributed by atoms with Crippen molar-refractivity contribution < 1.29 is 4.57 Å². The van der Waals surface area contributed by atoms with E-state index in [0.29, 0.717) is 11.8 Å². The van der Waals surface area contributed by atoms with Gasteiger partial charge in [0.25, 0.3) is 0 Å². The van der Waals surface area contributed by atoms with Crippen LogP contribution in [0, 0.1) is 7.05 Å². The zero-order valence-corrected chi connectivity index (χ0v) is 20.1. The predicted octanol–water partition coefficient (Wildman–Crippen LogP) is 7.73. The zero-order valence-electron chi connectivity index (χ0n) is 20.1. The maximum Gasteiger partial charge on any atom is 0.112 e. The van der Waals surface area contributed by atoms with Crippen LogP contribution in [0.4, 0.5) is 5.69 Å². The molecular formula is C31H34N2. The molecule has 0 saturated carbocycles. The Morgan fingerprint density at radius 2 is 1.18 bits per heavy atom. The zero-order chi connectivity index (χ0) is 23.4. The number of pyridine rings is 1. The molecule has 0 bridgehead atoms.